The summed E-state index contributed by atoms with van der Waals surface area (Å²) in [5.74, 6) is 1.53. The summed E-state index contributed by atoms with van der Waals surface area (Å²) in [5, 5.41) is 14.0. The number of nitro groups is 1. The van der Waals surface area contributed by atoms with Gasteiger partial charge in [0.15, 0.2) is 0 Å². The fourth-order valence-electron chi connectivity index (χ4n) is 2.61. The van der Waals surface area contributed by atoms with Gasteiger partial charge >= 0.3 is 0 Å². The number of hydrogen-bond acceptors (Lipinski definition) is 5. The van der Waals surface area contributed by atoms with Crippen LogP contribution in [0.25, 0.3) is 0 Å². The van der Waals surface area contributed by atoms with Crippen LogP contribution in [0.1, 0.15) is 17.0 Å². The Kier molecular flexibility index (Phi) is 5.03. The summed E-state index contributed by atoms with van der Waals surface area (Å²) in [6.45, 7) is 3.14. The molecule has 2 heterocycles. The number of hydrogen-bond donors (Lipinski definition) is 1. The van der Waals surface area contributed by atoms with Crippen molar-refractivity contribution in [1.82, 2.24) is 14.5 Å². The molecule has 0 bridgehead atoms. The summed E-state index contributed by atoms with van der Waals surface area (Å²) >= 11 is 0. The van der Waals surface area contributed by atoms with Gasteiger partial charge in [-0.1, -0.05) is 30.3 Å². The van der Waals surface area contributed by atoms with Crippen LogP contribution in [0.15, 0.2) is 55.0 Å². The van der Waals surface area contributed by atoms with E-state index in [0.717, 1.165) is 24.4 Å². The number of pyridine rings is 1. The smallest absolute Gasteiger partial charge is 0.287 e. The van der Waals surface area contributed by atoms with E-state index in [1.165, 1.54) is 17.8 Å². The largest absolute Gasteiger partial charge is 0.363 e. The molecule has 0 aliphatic heterocycles. The predicted molar refractivity (Wildman–Crippen MR) is 95.3 cm³/mol. The first kappa shape index (κ1) is 16.6. The molecule has 0 spiro atoms. The van der Waals surface area contributed by atoms with Crippen molar-refractivity contribution >= 4 is 11.5 Å². The summed E-state index contributed by atoms with van der Waals surface area (Å²) < 4.78 is 2.10. The minimum absolute atomic E-state index is 0.00703. The van der Waals surface area contributed by atoms with Crippen LogP contribution in [-0.2, 0) is 19.5 Å². The van der Waals surface area contributed by atoms with E-state index in [2.05, 4.69) is 32.0 Å². The average Bonchev–Trinajstić information content (AvgIpc) is 3.07. The summed E-state index contributed by atoms with van der Waals surface area (Å²) in [4.78, 5) is 18.8. The summed E-state index contributed by atoms with van der Waals surface area (Å²) in [6.07, 6.45) is 5.92. The Morgan fingerprint density at radius 3 is 2.76 bits per heavy atom. The van der Waals surface area contributed by atoms with Crippen LogP contribution in [0.2, 0.25) is 0 Å². The van der Waals surface area contributed by atoms with Crippen LogP contribution in [0.3, 0.4) is 0 Å². The fourth-order valence-corrected chi connectivity index (χ4v) is 2.61. The Bertz CT molecular complexity index is 861. The quantitative estimate of drug-likeness (QED) is 0.528. The van der Waals surface area contributed by atoms with E-state index in [1.807, 2.05) is 24.4 Å². The number of rotatable bonds is 7. The molecule has 7 heteroatoms. The third-order valence-corrected chi connectivity index (χ3v) is 3.97. The predicted octanol–water partition coefficient (Wildman–Crippen LogP) is 3.35. The maximum atomic E-state index is 10.8. The molecule has 3 aromatic rings. The monoisotopic (exact) mass is 337 g/mol. The number of anilines is 1. The van der Waals surface area contributed by atoms with Crippen molar-refractivity contribution in [3.63, 3.8) is 0 Å². The zero-order valence-corrected chi connectivity index (χ0v) is 13.9. The second kappa shape index (κ2) is 7.57. The van der Waals surface area contributed by atoms with E-state index in [9.17, 15) is 10.1 Å². The molecule has 0 fully saturated rings. The standard InChI is InChI=1S/C18H19N5O2/c1-14-11-16(23(24)25)12-20-18(14)21-13-17-19-8-10-22(17)9-7-15-5-3-2-4-6-15/h2-6,8,10-12H,7,9,13H2,1H3,(H,20,21). The topological polar surface area (TPSA) is 85.9 Å². The molecule has 128 valence electrons. The van der Waals surface area contributed by atoms with Gasteiger partial charge in [0.2, 0.25) is 0 Å². The SMILES string of the molecule is Cc1cc([N+](=O)[O-])cnc1NCc1nccn1CCc1ccccc1. The highest BCUT2D eigenvalue weighted by Gasteiger charge is 2.10. The van der Waals surface area contributed by atoms with E-state index in [-0.39, 0.29) is 5.69 Å². The third kappa shape index (κ3) is 4.20. The van der Waals surface area contributed by atoms with E-state index >= 15 is 0 Å². The van der Waals surface area contributed by atoms with Gasteiger partial charge in [0, 0.05) is 25.0 Å². The summed E-state index contributed by atoms with van der Waals surface area (Å²) in [5.41, 5.74) is 2.01. The third-order valence-electron chi connectivity index (χ3n) is 3.97. The van der Waals surface area contributed by atoms with Gasteiger partial charge in [-0.2, -0.15) is 0 Å². The number of aryl methyl sites for hydroxylation is 3. The Morgan fingerprint density at radius 2 is 2.04 bits per heavy atom. The second-order valence-corrected chi connectivity index (χ2v) is 5.74. The van der Waals surface area contributed by atoms with Crippen LogP contribution in [0.5, 0.6) is 0 Å². The van der Waals surface area contributed by atoms with Gasteiger partial charge in [-0.05, 0) is 24.5 Å². The molecule has 0 atom stereocenters. The molecule has 0 unspecified atom stereocenters. The van der Waals surface area contributed by atoms with Crippen molar-refractivity contribution in [2.24, 2.45) is 0 Å². The summed E-state index contributed by atoms with van der Waals surface area (Å²) in [7, 11) is 0. The first-order chi connectivity index (χ1) is 12.1. The lowest BCUT2D eigenvalue weighted by molar-refractivity contribution is -0.385. The van der Waals surface area contributed by atoms with Crippen molar-refractivity contribution in [1.29, 1.82) is 0 Å². The van der Waals surface area contributed by atoms with Crippen LogP contribution in [-0.4, -0.2) is 19.5 Å². The second-order valence-electron chi connectivity index (χ2n) is 5.74. The molecule has 0 aliphatic rings. The maximum absolute atomic E-state index is 10.8. The molecule has 1 aromatic carbocycles. The molecule has 0 saturated heterocycles. The molecule has 7 nitrogen and oxygen atoms in total. The molecule has 1 N–H and O–H groups in total. The normalized spacial score (nSPS) is 10.6. The van der Waals surface area contributed by atoms with Crippen molar-refractivity contribution in [2.75, 3.05) is 5.32 Å². The van der Waals surface area contributed by atoms with Gasteiger partial charge in [0.25, 0.3) is 5.69 Å². The molecule has 2 aromatic heterocycles. The van der Waals surface area contributed by atoms with Crippen molar-refractivity contribution < 1.29 is 4.92 Å². The van der Waals surface area contributed by atoms with Crippen LogP contribution < -0.4 is 5.32 Å². The lowest BCUT2D eigenvalue weighted by atomic mass is 10.1. The maximum Gasteiger partial charge on any atom is 0.287 e. The highest BCUT2D eigenvalue weighted by Crippen LogP contribution is 2.18. The van der Waals surface area contributed by atoms with Gasteiger partial charge < -0.3 is 9.88 Å². The molecule has 25 heavy (non-hydrogen) atoms. The van der Waals surface area contributed by atoms with Gasteiger partial charge in [-0.25, -0.2) is 9.97 Å². The van der Waals surface area contributed by atoms with E-state index in [0.29, 0.717) is 12.4 Å². The van der Waals surface area contributed by atoms with E-state index < -0.39 is 4.92 Å². The fraction of sp³-hybridized carbons (Fsp3) is 0.222. The van der Waals surface area contributed by atoms with Crippen LogP contribution in [0.4, 0.5) is 11.5 Å². The highest BCUT2D eigenvalue weighted by molar-refractivity contribution is 5.48. The summed E-state index contributed by atoms with van der Waals surface area (Å²) in [6, 6.07) is 11.8. The Balaban J connectivity index is 1.63. The first-order valence-electron chi connectivity index (χ1n) is 8.02. The average molecular weight is 337 g/mol. The van der Waals surface area contributed by atoms with Crippen LogP contribution >= 0.6 is 0 Å². The van der Waals surface area contributed by atoms with Gasteiger partial charge in [-0.3, -0.25) is 10.1 Å². The molecular formula is C18H19N5O2. The van der Waals surface area contributed by atoms with Crippen molar-refractivity contribution in [3.05, 3.63) is 82.1 Å². The van der Waals surface area contributed by atoms with Gasteiger partial charge in [0.1, 0.15) is 17.8 Å². The number of nitrogens with zero attached hydrogens (tertiary/aromatic N) is 4. The van der Waals surface area contributed by atoms with E-state index in [4.69, 9.17) is 0 Å². The Hall–Kier alpha value is -3.22. The molecule has 3 rings (SSSR count). The molecule has 0 saturated carbocycles. The van der Waals surface area contributed by atoms with Crippen LogP contribution in [0, 0.1) is 17.0 Å². The minimum Gasteiger partial charge on any atom is -0.363 e. The number of benzene rings is 1. The molecule has 0 aliphatic carbocycles. The first-order valence-corrected chi connectivity index (χ1v) is 8.02. The molecule has 0 radical (unpaired) electrons. The highest BCUT2D eigenvalue weighted by atomic mass is 16.6. The zero-order chi connectivity index (χ0) is 17.6. The Morgan fingerprint density at radius 1 is 1.24 bits per heavy atom. The van der Waals surface area contributed by atoms with Gasteiger partial charge in [-0.15, -0.1) is 0 Å². The number of aromatic nitrogens is 3. The van der Waals surface area contributed by atoms with E-state index in [1.54, 1.807) is 13.1 Å². The minimum atomic E-state index is -0.444. The van der Waals surface area contributed by atoms with Crippen molar-refractivity contribution in [2.45, 2.75) is 26.4 Å². The zero-order valence-electron chi connectivity index (χ0n) is 13.9. The molecular weight excluding hydrogens is 318 g/mol. The van der Waals surface area contributed by atoms with Gasteiger partial charge in [0.05, 0.1) is 11.5 Å². The lowest BCUT2D eigenvalue weighted by Crippen LogP contribution is -2.11. The van der Waals surface area contributed by atoms with Crippen molar-refractivity contribution in [3.8, 4) is 0 Å². The number of imidazole rings is 1. The molecule has 0 amide bonds. The lowest BCUT2D eigenvalue weighted by Gasteiger charge is -2.11. The Labute approximate surface area is 145 Å². The number of nitrogens with one attached hydrogen (secondary N) is 1.